The van der Waals surface area contributed by atoms with Crippen molar-refractivity contribution in [2.45, 2.75) is 19.1 Å². The number of halogens is 1. The van der Waals surface area contributed by atoms with E-state index in [9.17, 15) is 9.18 Å². The molecule has 3 heteroatoms. The Morgan fingerprint density at radius 1 is 1.10 bits per heavy atom. The SMILES string of the molecule is Cc1ccccc1CSCC(=O)Cc1ccc(F)cc1. The summed E-state index contributed by atoms with van der Waals surface area (Å²) >= 11 is 1.63. The van der Waals surface area contributed by atoms with Crippen LogP contribution in [0, 0.1) is 12.7 Å². The number of carbonyl (C=O) groups is 1. The third-order valence-electron chi connectivity index (χ3n) is 3.10. The second kappa shape index (κ2) is 7.25. The molecule has 0 aromatic heterocycles. The van der Waals surface area contributed by atoms with Crippen molar-refractivity contribution in [2.24, 2.45) is 0 Å². The van der Waals surface area contributed by atoms with Crippen LogP contribution in [0.2, 0.25) is 0 Å². The summed E-state index contributed by atoms with van der Waals surface area (Å²) in [6, 6.07) is 14.3. The van der Waals surface area contributed by atoms with Gasteiger partial charge in [0.05, 0.1) is 5.75 Å². The zero-order chi connectivity index (χ0) is 14.4. The molecular formula is C17H17FOS. The van der Waals surface area contributed by atoms with Crippen LogP contribution < -0.4 is 0 Å². The molecule has 2 aromatic carbocycles. The Labute approximate surface area is 123 Å². The Balaban J connectivity index is 1.78. The highest BCUT2D eigenvalue weighted by atomic mass is 32.2. The first-order chi connectivity index (χ1) is 9.65. The highest BCUT2D eigenvalue weighted by Gasteiger charge is 2.05. The smallest absolute Gasteiger partial charge is 0.147 e. The summed E-state index contributed by atoms with van der Waals surface area (Å²) in [7, 11) is 0. The Kier molecular flexibility index (Phi) is 5.36. The largest absolute Gasteiger partial charge is 0.298 e. The van der Waals surface area contributed by atoms with Gasteiger partial charge in [-0.05, 0) is 35.7 Å². The Bertz CT molecular complexity index is 578. The molecule has 0 heterocycles. The molecule has 0 aliphatic rings. The van der Waals surface area contributed by atoms with E-state index in [-0.39, 0.29) is 11.6 Å². The molecule has 0 atom stereocenters. The molecule has 2 aromatic rings. The van der Waals surface area contributed by atoms with Gasteiger partial charge < -0.3 is 0 Å². The van der Waals surface area contributed by atoms with E-state index in [4.69, 9.17) is 0 Å². The van der Waals surface area contributed by atoms with E-state index in [0.29, 0.717) is 12.2 Å². The molecule has 0 saturated carbocycles. The first-order valence-electron chi connectivity index (χ1n) is 6.53. The lowest BCUT2D eigenvalue weighted by atomic mass is 10.1. The minimum Gasteiger partial charge on any atom is -0.298 e. The first-order valence-corrected chi connectivity index (χ1v) is 7.69. The quantitative estimate of drug-likeness (QED) is 0.793. The second-order valence-corrected chi connectivity index (χ2v) is 5.75. The number of carbonyl (C=O) groups excluding carboxylic acids is 1. The number of hydrogen-bond donors (Lipinski definition) is 0. The highest BCUT2D eigenvalue weighted by molar-refractivity contribution is 7.99. The van der Waals surface area contributed by atoms with Gasteiger partial charge in [0.25, 0.3) is 0 Å². The van der Waals surface area contributed by atoms with Gasteiger partial charge in [-0.15, -0.1) is 11.8 Å². The molecule has 0 saturated heterocycles. The molecular weight excluding hydrogens is 271 g/mol. The van der Waals surface area contributed by atoms with E-state index >= 15 is 0 Å². The van der Waals surface area contributed by atoms with Crippen molar-refractivity contribution in [3.05, 3.63) is 71.0 Å². The maximum absolute atomic E-state index is 12.8. The highest BCUT2D eigenvalue weighted by Crippen LogP contribution is 2.16. The minimum atomic E-state index is -0.268. The topological polar surface area (TPSA) is 17.1 Å². The maximum Gasteiger partial charge on any atom is 0.147 e. The van der Waals surface area contributed by atoms with E-state index < -0.39 is 0 Å². The fourth-order valence-corrected chi connectivity index (χ4v) is 2.90. The van der Waals surface area contributed by atoms with E-state index in [1.807, 2.05) is 12.1 Å². The normalized spacial score (nSPS) is 10.5. The third kappa shape index (κ3) is 4.49. The van der Waals surface area contributed by atoms with E-state index in [0.717, 1.165) is 11.3 Å². The van der Waals surface area contributed by atoms with Crippen LogP contribution in [-0.4, -0.2) is 11.5 Å². The summed E-state index contributed by atoms with van der Waals surface area (Å²) in [5.41, 5.74) is 3.39. The average molecular weight is 288 g/mol. The number of Topliss-reactive ketones (excluding diaryl/α,β-unsaturated/α-hetero) is 1. The van der Waals surface area contributed by atoms with Crippen LogP contribution in [0.1, 0.15) is 16.7 Å². The molecule has 20 heavy (non-hydrogen) atoms. The number of benzene rings is 2. The van der Waals surface area contributed by atoms with Crippen LogP contribution >= 0.6 is 11.8 Å². The van der Waals surface area contributed by atoms with E-state index in [1.165, 1.54) is 23.3 Å². The van der Waals surface area contributed by atoms with Gasteiger partial charge in [-0.25, -0.2) is 4.39 Å². The first kappa shape index (κ1) is 14.8. The standard InChI is InChI=1S/C17H17FOS/c1-13-4-2-3-5-15(13)11-20-12-17(19)10-14-6-8-16(18)9-7-14/h2-9H,10-12H2,1H3. The van der Waals surface area contributed by atoms with Gasteiger partial charge in [0.1, 0.15) is 11.6 Å². The molecule has 0 bridgehead atoms. The number of thioether (sulfide) groups is 1. The fraction of sp³-hybridized carbons (Fsp3) is 0.235. The zero-order valence-electron chi connectivity index (χ0n) is 11.4. The summed E-state index contributed by atoms with van der Waals surface area (Å²) in [5.74, 6) is 1.25. The van der Waals surface area contributed by atoms with Crippen LogP contribution in [-0.2, 0) is 17.0 Å². The van der Waals surface area contributed by atoms with Crippen LogP contribution in [0.3, 0.4) is 0 Å². The van der Waals surface area contributed by atoms with Crippen molar-refractivity contribution in [1.82, 2.24) is 0 Å². The van der Waals surface area contributed by atoms with Gasteiger partial charge in [-0.3, -0.25) is 4.79 Å². The maximum atomic E-state index is 12.8. The Morgan fingerprint density at radius 2 is 1.80 bits per heavy atom. The van der Waals surface area contributed by atoms with Gasteiger partial charge in [0.2, 0.25) is 0 Å². The second-order valence-electron chi connectivity index (χ2n) is 4.76. The minimum absolute atomic E-state index is 0.176. The molecule has 0 aliphatic carbocycles. The predicted molar refractivity (Wildman–Crippen MR) is 82.5 cm³/mol. The summed E-state index contributed by atoms with van der Waals surface area (Å²) in [4.78, 5) is 11.9. The molecule has 0 unspecified atom stereocenters. The van der Waals surface area contributed by atoms with Gasteiger partial charge in [-0.2, -0.15) is 0 Å². The van der Waals surface area contributed by atoms with Crippen molar-refractivity contribution in [1.29, 1.82) is 0 Å². The van der Waals surface area contributed by atoms with Crippen molar-refractivity contribution < 1.29 is 9.18 Å². The van der Waals surface area contributed by atoms with Crippen molar-refractivity contribution in [3.8, 4) is 0 Å². The molecule has 0 aliphatic heterocycles. The summed E-state index contributed by atoms with van der Waals surface area (Å²) in [6.45, 7) is 2.08. The molecule has 0 spiro atoms. The number of aryl methyl sites for hydroxylation is 1. The van der Waals surface area contributed by atoms with E-state index in [1.54, 1.807) is 23.9 Å². The third-order valence-corrected chi connectivity index (χ3v) is 4.14. The average Bonchev–Trinajstić information content (AvgIpc) is 2.43. The molecule has 0 fully saturated rings. The van der Waals surface area contributed by atoms with Crippen molar-refractivity contribution >= 4 is 17.5 Å². The summed E-state index contributed by atoms with van der Waals surface area (Å²) in [6.07, 6.45) is 0.376. The monoisotopic (exact) mass is 288 g/mol. The zero-order valence-corrected chi connectivity index (χ0v) is 12.3. The number of hydrogen-bond acceptors (Lipinski definition) is 2. The Hall–Kier alpha value is -1.61. The molecule has 1 nitrogen and oxygen atoms in total. The fourth-order valence-electron chi connectivity index (χ4n) is 1.93. The predicted octanol–water partition coefficient (Wildman–Crippen LogP) is 4.18. The van der Waals surface area contributed by atoms with Crippen molar-refractivity contribution in [2.75, 3.05) is 5.75 Å². The van der Waals surface area contributed by atoms with Gasteiger partial charge in [0.15, 0.2) is 0 Å². The molecule has 104 valence electrons. The van der Waals surface area contributed by atoms with Gasteiger partial charge in [0, 0.05) is 12.2 Å². The van der Waals surface area contributed by atoms with Crippen LogP contribution in [0.5, 0.6) is 0 Å². The number of ketones is 1. The van der Waals surface area contributed by atoms with E-state index in [2.05, 4.69) is 19.1 Å². The van der Waals surface area contributed by atoms with Crippen LogP contribution in [0.25, 0.3) is 0 Å². The summed E-state index contributed by atoms with van der Waals surface area (Å²) < 4.78 is 12.8. The van der Waals surface area contributed by atoms with Gasteiger partial charge >= 0.3 is 0 Å². The molecule has 0 amide bonds. The lowest BCUT2D eigenvalue weighted by molar-refractivity contribution is -0.116. The lowest BCUT2D eigenvalue weighted by Crippen LogP contribution is -2.06. The number of rotatable bonds is 6. The van der Waals surface area contributed by atoms with Gasteiger partial charge in [-0.1, -0.05) is 36.4 Å². The van der Waals surface area contributed by atoms with Crippen LogP contribution in [0.4, 0.5) is 4.39 Å². The lowest BCUT2D eigenvalue weighted by Gasteiger charge is -2.05. The Morgan fingerprint density at radius 3 is 2.50 bits per heavy atom. The summed E-state index contributed by atoms with van der Waals surface area (Å²) in [5, 5.41) is 0. The molecule has 0 N–H and O–H groups in total. The van der Waals surface area contributed by atoms with Crippen molar-refractivity contribution in [3.63, 3.8) is 0 Å². The van der Waals surface area contributed by atoms with Crippen LogP contribution in [0.15, 0.2) is 48.5 Å². The molecule has 2 rings (SSSR count). The molecule has 0 radical (unpaired) electrons.